The van der Waals surface area contributed by atoms with Gasteiger partial charge >= 0.3 is 0 Å². The van der Waals surface area contributed by atoms with Crippen LogP contribution in [0.3, 0.4) is 0 Å². The Morgan fingerprint density at radius 3 is 1.08 bits per heavy atom. The second kappa shape index (κ2) is 31.2. The molecule has 0 aromatic carbocycles. The summed E-state index contributed by atoms with van der Waals surface area (Å²) in [5, 5.41) is 15.5. The Balaban J connectivity index is -0.0000000457. The van der Waals surface area contributed by atoms with Crippen molar-refractivity contribution in [1.29, 1.82) is 0 Å². The molecule has 0 saturated carbocycles. The molecule has 12 heavy (non-hydrogen) atoms. The van der Waals surface area contributed by atoms with E-state index in [0.717, 1.165) is 24.8 Å². The summed E-state index contributed by atoms with van der Waals surface area (Å²) in [4.78, 5) is 0. The molecule has 0 radical (unpaired) electrons. The molecule has 0 aliphatic heterocycles. The summed E-state index contributed by atoms with van der Waals surface area (Å²) in [7, 11) is 0. The maximum atomic E-state index is 7.73. The summed E-state index contributed by atoms with van der Waals surface area (Å²) >= 11 is 0. The fourth-order valence-electron chi connectivity index (χ4n) is 0.0861. The molecule has 0 aliphatic carbocycles. The van der Waals surface area contributed by atoms with Crippen LogP contribution < -0.4 is 0 Å². The Kier molecular flexibility index (Phi) is 58.6. The number of hydrogen-bond acceptors (Lipinski definition) is 0. The molecule has 0 aromatic rings. The fraction of sp³-hybridized carbons (Fsp3) is 0. The molecule has 4 nitrogen and oxygen atoms in total. The fourth-order valence-corrected chi connectivity index (χ4v) is 0.0861. The average Bonchev–Trinajstić information content (AvgIpc) is 1.93. The summed E-state index contributed by atoms with van der Waals surface area (Å²) < 4.78 is 0. The van der Waals surface area contributed by atoms with Crippen LogP contribution in [0.2, 0.25) is 0 Å². The van der Waals surface area contributed by atoms with Gasteiger partial charge in [0.1, 0.15) is 0 Å². The minimum Gasteiger partial charge on any atom is -0.811 e. The van der Waals surface area contributed by atoms with Gasteiger partial charge in [0.15, 0.2) is 17.4 Å². The second-order valence-electron chi connectivity index (χ2n) is 1.02. The molecule has 0 aliphatic rings. The Hall–Kier alpha value is -0.424. The van der Waals surface area contributed by atoms with E-state index in [-0.39, 0.29) is 36.8 Å². The summed E-state index contributed by atoms with van der Waals surface area (Å²) in [5.74, 6) is 0. The van der Waals surface area contributed by atoms with Crippen LogP contribution in [0, 0.1) is 0 Å². The third-order valence-electron chi connectivity index (χ3n) is 0.365. The van der Waals surface area contributed by atoms with Crippen LogP contribution in [0.25, 0.3) is 22.3 Å². The number of allylic oxidation sites excluding steroid dienone is 2. The van der Waals surface area contributed by atoms with Gasteiger partial charge < -0.3 is 22.3 Å². The van der Waals surface area contributed by atoms with Gasteiger partial charge in [-0.25, -0.2) is 0 Å². The summed E-state index contributed by atoms with van der Waals surface area (Å²) in [5.41, 5.74) is 12.5. The van der Waals surface area contributed by atoms with Crippen molar-refractivity contribution < 1.29 is 19.5 Å². The molecule has 0 unspecified atom stereocenters. The zero-order valence-electron chi connectivity index (χ0n) is 6.07. The van der Waals surface area contributed by atoms with Crippen LogP contribution in [0.1, 0.15) is 0 Å². The molecule has 0 amide bonds. The van der Waals surface area contributed by atoms with Crippen LogP contribution in [0.5, 0.6) is 0 Å². The minimum atomic E-state index is 0. The van der Waals surface area contributed by atoms with Gasteiger partial charge in [0.25, 0.3) is 0 Å². The van der Waals surface area contributed by atoms with Gasteiger partial charge in [0.2, 0.25) is 0 Å². The van der Waals surface area contributed by atoms with E-state index in [1.807, 2.05) is 0 Å². The quantitative estimate of drug-likeness (QED) is 0.505. The van der Waals surface area contributed by atoms with E-state index in [2.05, 4.69) is 0 Å². The van der Waals surface area contributed by atoms with Crippen molar-refractivity contribution in [3.8, 4) is 0 Å². The normalized spacial score (nSPS) is 7.33. The second-order valence-corrected chi connectivity index (χ2v) is 1.02. The molecule has 0 fully saturated rings. The molecule has 0 rings (SSSR count). The molecule has 0 aromatic heterocycles. The van der Waals surface area contributed by atoms with Gasteiger partial charge in [-0.3, -0.25) is 0 Å². The first kappa shape index (κ1) is 22.6. The van der Waals surface area contributed by atoms with Gasteiger partial charge in [0, 0.05) is 19.5 Å². The van der Waals surface area contributed by atoms with Crippen molar-refractivity contribution in [2.24, 2.45) is 0 Å². The maximum absolute atomic E-state index is 7.73. The van der Waals surface area contributed by atoms with Crippen LogP contribution in [0.15, 0.2) is 24.6 Å². The maximum Gasteiger partial charge on any atom is 0.187 e. The first-order valence-electron chi connectivity index (χ1n) is 2.43. The smallest absolute Gasteiger partial charge is 0.187 e. The number of rotatable bonds is 2. The topological polar surface area (TPSA) is 92.2 Å². The molecule has 0 saturated heterocycles. The van der Waals surface area contributed by atoms with Crippen LogP contribution in [-0.2, 0) is 19.5 Å². The SMILES string of the molecule is [AlH3].[N-]=CC=C[NH-].[N-]=CC=C[NH-].[Zn]. The van der Waals surface area contributed by atoms with E-state index in [1.54, 1.807) is 0 Å². The van der Waals surface area contributed by atoms with E-state index >= 15 is 0 Å². The minimum absolute atomic E-state index is 0. The monoisotopic (exact) mass is 230 g/mol. The standard InChI is InChI=1S/2C3H4N2.Al.Zn.3H/c2*4-2-1-3-5;;;;;/h2*1-4H;;;;;/q2*-2;;;;;. The molecule has 0 atom stereocenters. The van der Waals surface area contributed by atoms with Gasteiger partial charge in [-0.1, -0.05) is 0 Å². The van der Waals surface area contributed by atoms with Gasteiger partial charge in [-0.05, 0) is 0 Å². The van der Waals surface area contributed by atoms with E-state index in [0.29, 0.717) is 0 Å². The first-order chi connectivity index (χ1) is 4.83. The molecule has 0 heterocycles. The van der Waals surface area contributed by atoms with Gasteiger partial charge in [-0.15, -0.1) is 12.2 Å². The average molecular weight is 232 g/mol. The van der Waals surface area contributed by atoms with E-state index in [1.165, 1.54) is 12.2 Å². The Morgan fingerprint density at radius 1 is 0.833 bits per heavy atom. The Bertz CT molecular complexity index is 120. The summed E-state index contributed by atoms with van der Waals surface area (Å²) in [6.45, 7) is 0. The van der Waals surface area contributed by atoms with Gasteiger partial charge in [-0.2, -0.15) is 24.8 Å². The zero-order chi connectivity index (χ0) is 8.24. The predicted octanol–water partition coefficient (Wildman–Crippen LogP) is 1.20. The van der Waals surface area contributed by atoms with Crippen molar-refractivity contribution in [3.63, 3.8) is 0 Å². The van der Waals surface area contributed by atoms with Crippen LogP contribution >= 0.6 is 0 Å². The van der Waals surface area contributed by atoms with Crippen molar-refractivity contribution in [2.75, 3.05) is 0 Å². The molecule has 2 N–H and O–H groups in total. The van der Waals surface area contributed by atoms with Crippen molar-refractivity contribution in [2.45, 2.75) is 0 Å². The van der Waals surface area contributed by atoms with Crippen LogP contribution in [-0.4, -0.2) is 29.8 Å². The van der Waals surface area contributed by atoms with E-state index < -0.39 is 0 Å². The first-order valence-corrected chi connectivity index (χ1v) is 2.43. The zero-order valence-corrected chi connectivity index (χ0v) is 9.03. The molecule has 0 bridgehead atoms. The summed E-state index contributed by atoms with van der Waals surface area (Å²) in [6.07, 6.45) is 6.07. The third-order valence-corrected chi connectivity index (χ3v) is 0.365. The number of nitrogens with zero attached hydrogens (tertiary/aromatic N) is 2. The van der Waals surface area contributed by atoms with E-state index in [9.17, 15) is 0 Å². The molecule has 0 spiro atoms. The summed E-state index contributed by atoms with van der Waals surface area (Å²) in [6, 6.07) is 0. The third kappa shape index (κ3) is 55.1. The largest absolute Gasteiger partial charge is 0.811 e. The predicted molar refractivity (Wildman–Crippen MR) is 55.7 cm³/mol. The number of nitrogens with one attached hydrogen (secondary N) is 2. The molecular weight excluding hydrogens is 220 g/mol. The van der Waals surface area contributed by atoms with E-state index in [4.69, 9.17) is 22.3 Å². The Morgan fingerprint density at radius 2 is 1.08 bits per heavy atom. The van der Waals surface area contributed by atoms with Crippen LogP contribution in [0.4, 0.5) is 0 Å². The van der Waals surface area contributed by atoms with Crippen molar-refractivity contribution >= 4 is 29.8 Å². The van der Waals surface area contributed by atoms with Gasteiger partial charge in [0.05, 0.1) is 0 Å². The van der Waals surface area contributed by atoms with Crippen molar-refractivity contribution in [1.82, 2.24) is 0 Å². The Labute approximate surface area is 96.0 Å². The van der Waals surface area contributed by atoms with Crippen molar-refractivity contribution in [3.05, 3.63) is 46.8 Å². The molecular formula is C6H11AlN4Zn-4. The number of hydrogen-bond donors (Lipinski definition) is 0. The molecule has 6 heteroatoms. The molecule has 64 valence electrons.